The van der Waals surface area contributed by atoms with Crippen molar-refractivity contribution in [3.05, 3.63) is 65.2 Å². The molecule has 3 aromatic heterocycles. The average molecular weight is 458 g/mol. The lowest BCUT2D eigenvalue weighted by atomic mass is 10.0. The first-order chi connectivity index (χ1) is 16.4. The minimum atomic E-state index is -0.311. The van der Waals surface area contributed by atoms with E-state index in [1.54, 1.807) is 31.3 Å². The highest BCUT2D eigenvalue weighted by molar-refractivity contribution is 6.09. The zero-order valence-electron chi connectivity index (χ0n) is 19.1. The third-order valence-electron chi connectivity index (χ3n) is 6.45. The Morgan fingerprint density at radius 2 is 2.06 bits per heavy atom. The van der Waals surface area contributed by atoms with Gasteiger partial charge in [0.15, 0.2) is 0 Å². The van der Waals surface area contributed by atoms with Gasteiger partial charge in [-0.1, -0.05) is 6.07 Å². The third-order valence-corrected chi connectivity index (χ3v) is 6.45. The van der Waals surface area contributed by atoms with E-state index in [-0.39, 0.29) is 29.8 Å². The average Bonchev–Trinajstić information content (AvgIpc) is 3.48. The number of aromatic amines is 1. The monoisotopic (exact) mass is 457 g/mol. The van der Waals surface area contributed by atoms with Gasteiger partial charge in [-0.05, 0) is 51.5 Å². The summed E-state index contributed by atoms with van der Waals surface area (Å²) in [7, 11) is 0. The Morgan fingerprint density at radius 1 is 1.21 bits per heavy atom. The lowest BCUT2D eigenvalue weighted by Crippen LogP contribution is -2.31. The van der Waals surface area contributed by atoms with E-state index in [4.69, 9.17) is 9.72 Å². The Balaban J connectivity index is 1.57. The highest BCUT2D eigenvalue weighted by Crippen LogP contribution is 2.50. The number of anilines is 2. The fourth-order valence-electron chi connectivity index (χ4n) is 4.67. The maximum atomic E-state index is 14.3. The van der Waals surface area contributed by atoms with Gasteiger partial charge in [0.05, 0.1) is 28.6 Å². The van der Waals surface area contributed by atoms with Crippen molar-refractivity contribution < 1.29 is 13.9 Å². The predicted molar refractivity (Wildman–Crippen MR) is 128 cm³/mol. The van der Waals surface area contributed by atoms with Crippen LogP contribution in [0.4, 0.5) is 15.8 Å². The maximum Gasteiger partial charge on any atom is 0.255 e. The lowest BCUT2D eigenvalue weighted by Gasteiger charge is -2.16. The Hall–Kier alpha value is -3.94. The van der Waals surface area contributed by atoms with Crippen LogP contribution in [-0.4, -0.2) is 33.0 Å². The van der Waals surface area contributed by atoms with Gasteiger partial charge in [0, 0.05) is 46.7 Å². The molecule has 34 heavy (non-hydrogen) atoms. The van der Waals surface area contributed by atoms with Crippen LogP contribution in [0.5, 0.6) is 5.88 Å². The van der Waals surface area contributed by atoms with E-state index >= 15 is 0 Å². The molecule has 1 aliphatic heterocycles. The van der Waals surface area contributed by atoms with Crippen LogP contribution in [-0.2, 0) is 0 Å². The highest BCUT2D eigenvalue weighted by atomic mass is 19.1. The van der Waals surface area contributed by atoms with Crippen molar-refractivity contribution >= 4 is 28.3 Å². The molecule has 0 saturated heterocycles. The van der Waals surface area contributed by atoms with Crippen LogP contribution in [0.25, 0.3) is 22.3 Å². The molecule has 1 aliphatic carbocycles. The normalized spacial score (nSPS) is 18.4. The molecule has 0 unspecified atom stereocenters. The van der Waals surface area contributed by atoms with Gasteiger partial charge in [-0.2, -0.15) is 0 Å². The lowest BCUT2D eigenvalue weighted by molar-refractivity contribution is 0.0944. The maximum absolute atomic E-state index is 14.3. The van der Waals surface area contributed by atoms with Crippen LogP contribution in [0.1, 0.15) is 47.8 Å². The molecular weight excluding hydrogens is 433 g/mol. The van der Waals surface area contributed by atoms with Crippen molar-refractivity contribution in [2.75, 3.05) is 5.32 Å². The number of rotatable bonds is 5. The molecule has 2 atom stereocenters. The van der Waals surface area contributed by atoms with Gasteiger partial charge >= 0.3 is 0 Å². The molecule has 6 rings (SSSR count). The number of halogens is 1. The number of benzene rings is 1. The summed E-state index contributed by atoms with van der Waals surface area (Å²) >= 11 is 0. The van der Waals surface area contributed by atoms with Crippen LogP contribution in [0.15, 0.2) is 42.6 Å². The molecule has 172 valence electrons. The van der Waals surface area contributed by atoms with Crippen molar-refractivity contribution in [3.63, 3.8) is 0 Å². The zero-order chi connectivity index (χ0) is 23.6. The Labute approximate surface area is 195 Å². The van der Waals surface area contributed by atoms with E-state index in [9.17, 15) is 9.18 Å². The number of nitrogens with zero attached hydrogens (tertiary/aromatic N) is 2. The van der Waals surface area contributed by atoms with Gasteiger partial charge in [-0.25, -0.2) is 9.37 Å². The summed E-state index contributed by atoms with van der Waals surface area (Å²) in [5.74, 6) is 0.303. The Bertz CT molecular complexity index is 1460. The van der Waals surface area contributed by atoms with Crippen LogP contribution in [0.3, 0.4) is 0 Å². The number of aromatic nitrogens is 3. The number of amides is 1. The van der Waals surface area contributed by atoms with Crippen LogP contribution < -0.4 is 15.4 Å². The molecule has 7 nitrogen and oxygen atoms in total. The van der Waals surface area contributed by atoms with Crippen molar-refractivity contribution in [2.24, 2.45) is 0 Å². The number of pyridine rings is 2. The number of H-pyrrole nitrogens is 1. The van der Waals surface area contributed by atoms with Crippen LogP contribution in [0, 0.1) is 12.7 Å². The molecule has 0 spiro atoms. The topological polar surface area (TPSA) is 91.9 Å². The smallest absolute Gasteiger partial charge is 0.255 e. The van der Waals surface area contributed by atoms with Crippen molar-refractivity contribution in [2.45, 2.75) is 45.3 Å². The molecule has 3 N–H and O–H groups in total. The van der Waals surface area contributed by atoms with Gasteiger partial charge in [0.1, 0.15) is 11.3 Å². The predicted octanol–water partition coefficient (Wildman–Crippen LogP) is 5.20. The molecule has 2 aliphatic rings. The summed E-state index contributed by atoms with van der Waals surface area (Å²) in [4.78, 5) is 25.8. The van der Waals surface area contributed by atoms with E-state index in [1.807, 2.05) is 26.0 Å². The number of carbonyl (C=O) groups is 1. The molecule has 0 radical (unpaired) electrons. The van der Waals surface area contributed by atoms with Gasteiger partial charge in [0.2, 0.25) is 5.88 Å². The minimum absolute atomic E-state index is 0.0217. The molecule has 4 heterocycles. The van der Waals surface area contributed by atoms with E-state index < -0.39 is 0 Å². The fourth-order valence-corrected chi connectivity index (χ4v) is 4.67. The standard InChI is InChI=1S/C26H24FN5O2/c1-12(2)34-20-8-7-18-22(31-20)14(9-10-28-18)24-25(29-17-6-4-5-16(27)13(17)3)21-23(32-24)15-11-19(15)30-26(21)33/h4-10,12,15,19,29,32H,11H2,1-3H3,(H,30,33)/t15-,19+/m0/s1. The van der Waals surface area contributed by atoms with Gasteiger partial charge < -0.3 is 20.4 Å². The summed E-state index contributed by atoms with van der Waals surface area (Å²) in [6.07, 6.45) is 2.60. The number of hydrogen-bond donors (Lipinski definition) is 3. The largest absolute Gasteiger partial charge is 0.475 e. The van der Waals surface area contributed by atoms with Crippen LogP contribution >= 0.6 is 0 Å². The zero-order valence-corrected chi connectivity index (χ0v) is 19.1. The van der Waals surface area contributed by atoms with Crippen LogP contribution in [0.2, 0.25) is 0 Å². The third kappa shape index (κ3) is 3.29. The fraction of sp³-hybridized carbons (Fsp3) is 0.269. The second-order valence-electron chi connectivity index (χ2n) is 9.17. The van der Waals surface area contributed by atoms with Gasteiger partial charge in [0.25, 0.3) is 5.91 Å². The van der Waals surface area contributed by atoms with Gasteiger partial charge in [-0.15, -0.1) is 0 Å². The molecule has 1 saturated carbocycles. The highest BCUT2D eigenvalue weighted by Gasteiger charge is 2.48. The Kier molecular flexibility index (Phi) is 4.58. The molecular formula is C26H24FN5O2. The number of nitrogens with one attached hydrogen (secondary N) is 3. The molecule has 4 aromatic rings. The summed E-state index contributed by atoms with van der Waals surface area (Å²) in [6, 6.07) is 10.6. The van der Waals surface area contributed by atoms with E-state index in [1.165, 1.54) is 6.07 Å². The summed E-state index contributed by atoms with van der Waals surface area (Å²) in [5.41, 5.74) is 6.04. The van der Waals surface area contributed by atoms with E-state index in [0.29, 0.717) is 39.4 Å². The Morgan fingerprint density at radius 3 is 2.88 bits per heavy atom. The molecule has 8 heteroatoms. The molecule has 1 amide bonds. The molecule has 0 bridgehead atoms. The second-order valence-corrected chi connectivity index (χ2v) is 9.17. The minimum Gasteiger partial charge on any atom is -0.475 e. The first-order valence-electron chi connectivity index (χ1n) is 11.4. The van der Waals surface area contributed by atoms with Crippen molar-refractivity contribution in [1.29, 1.82) is 0 Å². The quantitative estimate of drug-likeness (QED) is 0.383. The second kappa shape index (κ2) is 7.55. The number of hydrogen-bond acceptors (Lipinski definition) is 5. The van der Waals surface area contributed by atoms with Crippen molar-refractivity contribution in [1.82, 2.24) is 20.3 Å². The summed E-state index contributed by atoms with van der Waals surface area (Å²) in [6.45, 7) is 5.61. The number of fused-ring (bicyclic) bond motifs is 4. The molecule has 1 fully saturated rings. The first kappa shape index (κ1) is 20.7. The van der Waals surface area contributed by atoms with E-state index in [0.717, 1.165) is 23.4 Å². The summed E-state index contributed by atoms with van der Waals surface area (Å²) in [5, 5.41) is 6.43. The SMILES string of the molecule is Cc1c(F)cccc1Nc1c(-c2ccnc3ccc(OC(C)C)nc23)[nH]c2c1C(=O)N[C@@H]1C[C@H]21. The summed E-state index contributed by atoms with van der Waals surface area (Å²) < 4.78 is 20.1. The molecule has 1 aromatic carbocycles. The number of ether oxygens (including phenoxy) is 1. The first-order valence-corrected chi connectivity index (χ1v) is 11.4. The van der Waals surface area contributed by atoms with Crippen molar-refractivity contribution in [3.8, 4) is 17.1 Å². The van der Waals surface area contributed by atoms with E-state index in [2.05, 4.69) is 20.6 Å². The number of carbonyl (C=O) groups excluding carboxylic acids is 1. The van der Waals surface area contributed by atoms with Gasteiger partial charge in [-0.3, -0.25) is 9.78 Å².